The van der Waals surface area contributed by atoms with E-state index in [0.29, 0.717) is 0 Å². The van der Waals surface area contributed by atoms with Gasteiger partial charge in [-0.2, -0.15) is 0 Å². The summed E-state index contributed by atoms with van der Waals surface area (Å²) in [5.41, 5.74) is 1.09. The Kier molecular flexibility index (Phi) is 3.76. The first kappa shape index (κ1) is 8.90. The summed E-state index contributed by atoms with van der Waals surface area (Å²) in [6.07, 6.45) is 5.02. The topological polar surface area (TPSA) is 33.4 Å². The molecule has 0 saturated heterocycles. The lowest BCUT2D eigenvalue weighted by atomic mass is 10.2. The number of furan rings is 1. The second kappa shape index (κ2) is 4.64. The van der Waals surface area contributed by atoms with Gasteiger partial charge in [-0.15, -0.1) is 0 Å². The molecule has 0 saturated carbocycles. The van der Waals surface area contributed by atoms with Crippen molar-refractivity contribution >= 4 is 22.6 Å². The maximum Gasteiger partial charge on any atom is 0.281 e. The van der Waals surface area contributed by atoms with Crippen molar-refractivity contribution in [2.24, 2.45) is 0 Å². The molecule has 1 rings (SSSR count). The van der Waals surface area contributed by atoms with Gasteiger partial charge in [-0.1, -0.05) is 22.6 Å². The molecule has 0 amide bonds. The summed E-state index contributed by atoms with van der Waals surface area (Å²) in [7, 11) is 0. The van der Waals surface area contributed by atoms with E-state index >= 15 is 0 Å². The highest BCUT2D eigenvalue weighted by Gasteiger charge is 1.98. The van der Waals surface area contributed by atoms with E-state index in [0.717, 1.165) is 12.0 Å². The number of aryl methyl sites for hydroxylation is 1. The molecule has 3 heteroatoms. The van der Waals surface area contributed by atoms with Gasteiger partial charge in [-0.05, 0) is 29.3 Å². The van der Waals surface area contributed by atoms with E-state index in [1.54, 1.807) is 12.3 Å². The number of rotatable bonds is 4. The molecule has 1 N–H and O–H groups in total. The molecule has 1 aromatic rings. The average Bonchev–Trinajstić information content (AvgIpc) is 2.37. The van der Waals surface area contributed by atoms with Gasteiger partial charge in [0.25, 0.3) is 5.95 Å². The van der Waals surface area contributed by atoms with Crippen molar-refractivity contribution in [3.05, 3.63) is 17.9 Å². The smallest absolute Gasteiger partial charge is 0.281 e. The van der Waals surface area contributed by atoms with E-state index in [1.165, 1.54) is 17.3 Å². The number of alkyl halides is 1. The summed E-state index contributed by atoms with van der Waals surface area (Å²) in [6.45, 7) is 0. The fourth-order valence-corrected chi connectivity index (χ4v) is 1.46. The Morgan fingerprint density at radius 1 is 1.45 bits per heavy atom. The van der Waals surface area contributed by atoms with Crippen LogP contribution >= 0.6 is 22.6 Å². The lowest BCUT2D eigenvalue weighted by Gasteiger charge is -1.92. The van der Waals surface area contributed by atoms with E-state index in [-0.39, 0.29) is 5.95 Å². The van der Waals surface area contributed by atoms with Gasteiger partial charge < -0.3 is 9.52 Å². The van der Waals surface area contributed by atoms with Crippen LogP contribution in [0.2, 0.25) is 0 Å². The average molecular weight is 266 g/mol. The van der Waals surface area contributed by atoms with Crippen LogP contribution in [0.3, 0.4) is 0 Å². The monoisotopic (exact) mass is 266 g/mol. The normalized spacial score (nSPS) is 10.3. The highest BCUT2D eigenvalue weighted by molar-refractivity contribution is 14.1. The van der Waals surface area contributed by atoms with Crippen molar-refractivity contribution < 1.29 is 9.52 Å². The first-order valence-electron chi connectivity index (χ1n) is 3.65. The van der Waals surface area contributed by atoms with Gasteiger partial charge >= 0.3 is 0 Å². The Hall–Kier alpha value is -0.190. The number of aromatic hydroxyl groups is 1. The van der Waals surface area contributed by atoms with Gasteiger partial charge in [-0.3, -0.25) is 0 Å². The van der Waals surface area contributed by atoms with Crippen molar-refractivity contribution in [3.63, 3.8) is 0 Å². The Morgan fingerprint density at radius 3 is 2.82 bits per heavy atom. The van der Waals surface area contributed by atoms with Crippen LogP contribution in [0.15, 0.2) is 16.7 Å². The largest absolute Gasteiger partial charge is 0.481 e. The minimum atomic E-state index is 0.0227. The predicted molar refractivity (Wildman–Crippen MR) is 52.2 cm³/mol. The molecule has 0 aromatic carbocycles. The molecule has 0 atom stereocenters. The maximum absolute atomic E-state index is 8.84. The number of hydrogen-bond acceptors (Lipinski definition) is 2. The second-order valence-electron chi connectivity index (χ2n) is 2.44. The summed E-state index contributed by atoms with van der Waals surface area (Å²) < 4.78 is 5.94. The Balaban J connectivity index is 2.27. The molecule has 1 aromatic heterocycles. The Morgan fingerprint density at radius 2 is 2.27 bits per heavy atom. The molecule has 0 aliphatic carbocycles. The summed E-state index contributed by atoms with van der Waals surface area (Å²) in [6, 6.07) is 1.67. The third-order valence-electron chi connectivity index (χ3n) is 1.49. The predicted octanol–water partition coefficient (Wildman–Crippen LogP) is 2.74. The molecular formula is C8H11IO2. The fourth-order valence-electron chi connectivity index (χ4n) is 0.917. The lowest BCUT2D eigenvalue weighted by molar-refractivity contribution is 0.332. The van der Waals surface area contributed by atoms with Crippen LogP contribution in [0.25, 0.3) is 0 Å². The zero-order chi connectivity index (χ0) is 8.10. The van der Waals surface area contributed by atoms with Crippen molar-refractivity contribution in [1.29, 1.82) is 0 Å². The van der Waals surface area contributed by atoms with Crippen molar-refractivity contribution in [3.8, 4) is 5.95 Å². The van der Waals surface area contributed by atoms with E-state index in [4.69, 9.17) is 9.52 Å². The summed E-state index contributed by atoms with van der Waals surface area (Å²) >= 11 is 2.36. The molecule has 1 heterocycles. The van der Waals surface area contributed by atoms with Crippen LogP contribution in [0, 0.1) is 0 Å². The third kappa shape index (κ3) is 3.14. The van der Waals surface area contributed by atoms with Crippen LogP contribution in [0.4, 0.5) is 0 Å². The highest BCUT2D eigenvalue weighted by Crippen LogP contribution is 2.15. The Labute approximate surface area is 79.7 Å². The second-order valence-corrected chi connectivity index (χ2v) is 3.52. The fraction of sp³-hybridized carbons (Fsp3) is 0.500. The molecule has 0 unspecified atom stereocenters. The van der Waals surface area contributed by atoms with Gasteiger partial charge in [0, 0.05) is 6.07 Å². The van der Waals surface area contributed by atoms with Crippen LogP contribution in [0.1, 0.15) is 18.4 Å². The minimum Gasteiger partial charge on any atom is -0.481 e. The first-order chi connectivity index (χ1) is 5.33. The molecular weight excluding hydrogens is 255 g/mol. The maximum atomic E-state index is 8.84. The molecule has 11 heavy (non-hydrogen) atoms. The highest BCUT2D eigenvalue weighted by atomic mass is 127. The van der Waals surface area contributed by atoms with Crippen LogP contribution in [-0.4, -0.2) is 9.53 Å². The van der Waals surface area contributed by atoms with Crippen LogP contribution in [0.5, 0.6) is 5.95 Å². The molecule has 2 nitrogen and oxygen atoms in total. The number of unbranched alkanes of at least 4 members (excludes halogenated alkanes) is 1. The zero-order valence-corrected chi connectivity index (χ0v) is 8.37. The van der Waals surface area contributed by atoms with Gasteiger partial charge in [0.1, 0.15) is 0 Å². The van der Waals surface area contributed by atoms with Crippen LogP contribution in [-0.2, 0) is 6.42 Å². The quantitative estimate of drug-likeness (QED) is 0.516. The summed E-state index contributed by atoms with van der Waals surface area (Å²) in [5, 5.41) is 8.84. The van der Waals surface area contributed by atoms with Gasteiger partial charge in [0.15, 0.2) is 0 Å². The molecule has 0 aliphatic heterocycles. The van der Waals surface area contributed by atoms with E-state index < -0.39 is 0 Å². The SMILES string of the molecule is Oc1cc(CCCCI)co1. The summed E-state index contributed by atoms with van der Waals surface area (Å²) in [4.78, 5) is 0. The van der Waals surface area contributed by atoms with Crippen LogP contribution < -0.4 is 0 Å². The molecule has 0 spiro atoms. The molecule has 62 valence electrons. The number of halogens is 1. The van der Waals surface area contributed by atoms with Gasteiger partial charge in [-0.25, -0.2) is 0 Å². The van der Waals surface area contributed by atoms with Gasteiger partial charge in [0.2, 0.25) is 0 Å². The number of hydrogen-bond donors (Lipinski definition) is 1. The van der Waals surface area contributed by atoms with E-state index in [9.17, 15) is 0 Å². The third-order valence-corrected chi connectivity index (χ3v) is 2.25. The van der Waals surface area contributed by atoms with Gasteiger partial charge in [0.05, 0.1) is 6.26 Å². The van der Waals surface area contributed by atoms with Crippen molar-refractivity contribution in [2.45, 2.75) is 19.3 Å². The standard InChI is InChI=1S/C8H11IO2/c9-4-2-1-3-7-5-8(10)11-6-7/h5-6,10H,1-4H2. The van der Waals surface area contributed by atoms with Crippen molar-refractivity contribution in [2.75, 3.05) is 4.43 Å². The zero-order valence-electron chi connectivity index (χ0n) is 6.22. The molecule has 0 fully saturated rings. The van der Waals surface area contributed by atoms with E-state index in [2.05, 4.69) is 22.6 Å². The molecule has 0 radical (unpaired) electrons. The van der Waals surface area contributed by atoms with Crippen molar-refractivity contribution in [1.82, 2.24) is 0 Å². The Bertz CT molecular complexity index is 208. The van der Waals surface area contributed by atoms with E-state index in [1.807, 2.05) is 0 Å². The minimum absolute atomic E-state index is 0.0227. The first-order valence-corrected chi connectivity index (χ1v) is 5.18. The lowest BCUT2D eigenvalue weighted by Crippen LogP contribution is -1.81. The molecule has 0 bridgehead atoms. The summed E-state index contributed by atoms with van der Waals surface area (Å²) in [5.74, 6) is 0.0227. The molecule has 0 aliphatic rings.